The van der Waals surface area contributed by atoms with Gasteiger partial charge in [-0.1, -0.05) is 11.6 Å². The molecule has 0 aromatic heterocycles. The number of halogens is 2. The van der Waals surface area contributed by atoms with Crippen molar-refractivity contribution in [3.05, 3.63) is 58.5 Å². The van der Waals surface area contributed by atoms with Crippen molar-refractivity contribution >= 4 is 29.1 Å². The number of nitrogens with one attached hydrogen (secondary N) is 1. The molecule has 0 unspecified atom stereocenters. The first-order valence-corrected chi connectivity index (χ1v) is 9.74. The van der Waals surface area contributed by atoms with Crippen LogP contribution in [-0.2, 0) is 9.53 Å². The van der Waals surface area contributed by atoms with E-state index >= 15 is 0 Å². The number of piperidine rings is 1. The lowest BCUT2D eigenvalue weighted by atomic mass is 10.0. The van der Waals surface area contributed by atoms with Crippen LogP contribution in [0, 0.1) is 5.82 Å². The Bertz CT molecular complexity index is 834. The Hall–Kier alpha value is -2.56. The zero-order valence-corrected chi connectivity index (χ0v) is 16.5. The van der Waals surface area contributed by atoms with Gasteiger partial charge in [0, 0.05) is 35.9 Å². The predicted molar refractivity (Wildman–Crippen MR) is 109 cm³/mol. The van der Waals surface area contributed by atoms with E-state index in [1.165, 1.54) is 18.2 Å². The highest BCUT2D eigenvalue weighted by atomic mass is 35.5. The molecule has 0 radical (unpaired) electrons. The minimum absolute atomic E-state index is 0.182. The third-order valence-electron chi connectivity index (χ3n) is 4.66. The molecule has 2 heterocycles. The highest BCUT2D eigenvalue weighted by Crippen LogP contribution is 2.22. The van der Waals surface area contributed by atoms with Gasteiger partial charge in [0.15, 0.2) is 0 Å². The number of nitrogens with zero attached hydrogens (tertiary/aromatic N) is 2. The zero-order chi connectivity index (χ0) is 19.9. The van der Waals surface area contributed by atoms with E-state index < -0.39 is 5.97 Å². The van der Waals surface area contributed by atoms with Gasteiger partial charge in [0.2, 0.25) is 0 Å². The number of hydrogen-bond acceptors (Lipinski definition) is 5. The van der Waals surface area contributed by atoms with Crippen molar-refractivity contribution in [3.63, 3.8) is 0 Å². The average molecular weight is 404 g/mol. The average Bonchev–Trinajstić information content (AvgIpc) is 2.67. The summed E-state index contributed by atoms with van der Waals surface area (Å²) in [4.78, 5) is 18.6. The fraction of sp³-hybridized carbons (Fsp3) is 0.381. The standard InChI is InChI=1S/C21H23ClFN3O2/c1-2-28-21(27)19-7-10-24-14-15(22)13-20(19)25-17-8-11-26(12-9-17)18-5-3-16(23)4-6-18/h3-7,13,17,25H,2,8-9,11-12,14H2,1H3. The molecule has 28 heavy (non-hydrogen) atoms. The van der Waals surface area contributed by atoms with Crippen molar-refractivity contribution in [3.8, 4) is 0 Å². The van der Waals surface area contributed by atoms with Crippen LogP contribution in [0.5, 0.6) is 0 Å². The quantitative estimate of drug-likeness (QED) is 0.764. The van der Waals surface area contributed by atoms with Crippen LogP contribution in [0.25, 0.3) is 0 Å². The molecule has 5 nitrogen and oxygen atoms in total. The maximum Gasteiger partial charge on any atom is 0.340 e. The third kappa shape index (κ3) is 5.24. The fourth-order valence-corrected chi connectivity index (χ4v) is 3.41. The Balaban J connectivity index is 1.72. The second-order valence-electron chi connectivity index (χ2n) is 6.61. The van der Waals surface area contributed by atoms with E-state index in [0.29, 0.717) is 22.8 Å². The van der Waals surface area contributed by atoms with Gasteiger partial charge in [-0.2, -0.15) is 0 Å². The molecular weight excluding hydrogens is 381 g/mol. The van der Waals surface area contributed by atoms with E-state index in [-0.39, 0.29) is 18.5 Å². The van der Waals surface area contributed by atoms with E-state index in [9.17, 15) is 9.18 Å². The number of rotatable bonds is 5. The molecule has 148 valence electrons. The maximum atomic E-state index is 13.1. The van der Waals surface area contributed by atoms with Crippen molar-refractivity contribution in [1.29, 1.82) is 0 Å². The Kier molecular flexibility index (Phi) is 6.90. The number of esters is 1. The lowest BCUT2D eigenvalue weighted by Gasteiger charge is -2.34. The van der Waals surface area contributed by atoms with E-state index in [4.69, 9.17) is 16.3 Å². The second-order valence-corrected chi connectivity index (χ2v) is 7.10. The van der Waals surface area contributed by atoms with Gasteiger partial charge in [-0.15, -0.1) is 0 Å². The molecule has 0 amide bonds. The first-order valence-electron chi connectivity index (χ1n) is 9.36. The molecular formula is C21H23ClFN3O2. The molecule has 2 aliphatic heterocycles. The van der Waals surface area contributed by atoms with Crippen molar-refractivity contribution in [2.75, 3.05) is 31.1 Å². The summed E-state index contributed by atoms with van der Waals surface area (Å²) in [6.45, 7) is 4.04. The van der Waals surface area contributed by atoms with E-state index in [1.54, 1.807) is 25.1 Å². The van der Waals surface area contributed by atoms with Gasteiger partial charge in [-0.05, 0) is 56.0 Å². The van der Waals surface area contributed by atoms with Crippen molar-refractivity contribution in [1.82, 2.24) is 5.32 Å². The largest absolute Gasteiger partial charge is 0.462 e. The molecule has 0 atom stereocenters. The van der Waals surface area contributed by atoms with Crippen LogP contribution in [-0.4, -0.2) is 44.1 Å². The molecule has 0 bridgehead atoms. The highest BCUT2D eigenvalue weighted by Gasteiger charge is 2.22. The number of benzene rings is 1. The summed E-state index contributed by atoms with van der Waals surface area (Å²) in [5, 5.41) is 3.97. The smallest absolute Gasteiger partial charge is 0.340 e. The van der Waals surface area contributed by atoms with Crippen LogP contribution in [0.2, 0.25) is 0 Å². The van der Waals surface area contributed by atoms with Crippen LogP contribution in [0.3, 0.4) is 0 Å². The van der Waals surface area contributed by atoms with Gasteiger partial charge in [0.1, 0.15) is 5.82 Å². The Morgan fingerprint density at radius 2 is 2.07 bits per heavy atom. The number of anilines is 1. The van der Waals surface area contributed by atoms with Gasteiger partial charge >= 0.3 is 5.97 Å². The fourth-order valence-electron chi connectivity index (χ4n) is 3.24. The lowest BCUT2D eigenvalue weighted by molar-refractivity contribution is -0.138. The monoisotopic (exact) mass is 403 g/mol. The molecule has 1 aromatic rings. The van der Waals surface area contributed by atoms with Crippen LogP contribution >= 0.6 is 11.6 Å². The lowest BCUT2D eigenvalue weighted by Crippen LogP contribution is -2.42. The maximum absolute atomic E-state index is 13.1. The molecule has 1 fully saturated rings. The Labute approximate surface area is 169 Å². The summed E-state index contributed by atoms with van der Waals surface area (Å²) >= 11 is 6.22. The van der Waals surface area contributed by atoms with Crippen molar-refractivity contribution in [2.45, 2.75) is 25.8 Å². The normalized spacial score (nSPS) is 17.8. The molecule has 1 N–H and O–H groups in total. The number of carbonyl (C=O) groups excluding carboxylic acids is 1. The summed E-state index contributed by atoms with van der Waals surface area (Å²) in [5.74, 6) is 2.08. The van der Waals surface area contributed by atoms with Crippen LogP contribution in [0.4, 0.5) is 10.1 Å². The third-order valence-corrected chi connectivity index (χ3v) is 4.89. The van der Waals surface area contributed by atoms with Gasteiger partial charge in [0.05, 0.1) is 24.4 Å². The summed E-state index contributed by atoms with van der Waals surface area (Å²) in [7, 11) is 0. The summed E-state index contributed by atoms with van der Waals surface area (Å²) in [6, 6.07) is 6.73. The zero-order valence-electron chi connectivity index (χ0n) is 15.8. The highest BCUT2D eigenvalue weighted by molar-refractivity contribution is 6.30. The van der Waals surface area contributed by atoms with Crippen LogP contribution < -0.4 is 10.2 Å². The summed E-state index contributed by atoms with van der Waals surface area (Å²) in [5.41, 5.74) is 2.01. The van der Waals surface area contributed by atoms with Gasteiger partial charge < -0.3 is 15.0 Å². The van der Waals surface area contributed by atoms with E-state index in [0.717, 1.165) is 31.6 Å². The Morgan fingerprint density at radius 1 is 1.36 bits per heavy atom. The molecule has 0 aliphatic carbocycles. The van der Waals surface area contributed by atoms with Gasteiger partial charge in [0.25, 0.3) is 0 Å². The minimum Gasteiger partial charge on any atom is -0.462 e. The topological polar surface area (TPSA) is 53.9 Å². The summed E-state index contributed by atoms with van der Waals surface area (Å²) in [6.07, 6.45) is 5.02. The number of carbonyl (C=O) groups is 1. The molecule has 0 spiro atoms. The number of aliphatic imine (C=N–C) groups is 1. The summed E-state index contributed by atoms with van der Waals surface area (Å²) < 4.78 is 18.3. The predicted octanol–water partition coefficient (Wildman–Crippen LogP) is 3.56. The second kappa shape index (κ2) is 9.58. The molecule has 1 aromatic carbocycles. The Morgan fingerprint density at radius 3 is 2.75 bits per heavy atom. The van der Waals surface area contributed by atoms with E-state index in [1.807, 2.05) is 0 Å². The molecule has 2 aliphatic rings. The molecule has 1 saturated heterocycles. The number of allylic oxidation sites excluding steroid dienone is 1. The minimum atomic E-state index is -0.431. The van der Waals surface area contributed by atoms with Crippen molar-refractivity contribution < 1.29 is 13.9 Å². The molecule has 0 saturated carbocycles. The number of hydrogen-bond donors (Lipinski definition) is 1. The van der Waals surface area contributed by atoms with Crippen molar-refractivity contribution in [2.24, 2.45) is 4.99 Å². The van der Waals surface area contributed by atoms with Crippen LogP contribution in [0.15, 0.2) is 57.7 Å². The molecule has 3 rings (SSSR count). The van der Waals surface area contributed by atoms with E-state index in [2.05, 4.69) is 21.1 Å². The SMILES string of the molecule is CCOC(=O)C1=C(NC2CCN(c3ccc(F)cc3)CC2)C=C(Cl)CN=C=C1. The van der Waals surface area contributed by atoms with Gasteiger partial charge in [-0.3, -0.25) is 0 Å². The van der Waals surface area contributed by atoms with Crippen LogP contribution in [0.1, 0.15) is 19.8 Å². The first-order chi connectivity index (χ1) is 13.6. The molecule has 7 heteroatoms. The number of ether oxygens (including phenoxy) is 1. The van der Waals surface area contributed by atoms with Gasteiger partial charge in [-0.25, -0.2) is 14.2 Å². The first kappa shape index (κ1) is 20.2.